The molecule has 1 N–H and O–H groups in total. The van der Waals surface area contributed by atoms with Gasteiger partial charge in [0.15, 0.2) is 0 Å². The monoisotopic (exact) mass is 332 g/mol. The molecule has 2 fully saturated rings. The minimum absolute atomic E-state index is 0.0101. The Morgan fingerprint density at radius 3 is 2.46 bits per heavy atom. The van der Waals surface area contributed by atoms with Gasteiger partial charge < -0.3 is 10.2 Å². The standard InChI is InChI=1S/C19H25FN2O2/c1-12(2)9-21-18(23)17-11-22(19(24)14-3-4-14)10-16(17)13-5-7-15(20)8-6-13/h5-8,12,14,16-17H,3-4,9-11H2,1-2H3,(H,21,23). The molecule has 2 amide bonds. The number of rotatable bonds is 5. The first-order valence-corrected chi connectivity index (χ1v) is 8.77. The van der Waals surface area contributed by atoms with Gasteiger partial charge >= 0.3 is 0 Å². The predicted octanol–water partition coefficient (Wildman–Crippen LogP) is 2.55. The highest BCUT2D eigenvalue weighted by atomic mass is 19.1. The van der Waals surface area contributed by atoms with Gasteiger partial charge in [-0.05, 0) is 36.5 Å². The molecule has 1 aromatic carbocycles. The molecule has 1 saturated heterocycles. The van der Waals surface area contributed by atoms with Crippen molar-refractivity contribution in [2.24, 2.45) is 17.8 Å². The third kappa shape index (κ3) is 3.77. The van der Waals surface area contributed by atoms with Crippen molar-refractivity contribution in [3.63, 3.8) is 0 Å². The van der Waals surface area contributed by atoms with E-state index < -0.39 is 0 Å². The van der Waals surface area contributed by atoms with Crippen LogP contribution in [0.2, 0.25) is 0 Å². The number of benzene rings is 1. The maximum Gasteiger partial charge on any atom is 0.225 e. The van der Waals surface area contributed by atoms with E-state index in [0.29, 0.717) is 25.6 Å². The van der Waals surface area contributed by atoms with Crippen molar-refractivity contribution >= 4 is 11.8 Å². The summed E-state index contributed by atoms with van der Waals surface area (Å²) in [7, 11) is 0. The summed E-state index contributed by atoms with van der Waals surface area (Å²) >= 11 is 0. The Morgan fingerprint density at radius 1 is 1.21 bits per heavy atom. The predicted molar refractivity (Wildman–Crippen MR) is 89.8 cm³/mol. The summed E-state index contributed by atoms with van der Waals surface area (Å²) in [6.07, 6.45) is 1.92. The van der Waals surface area contributed by atoms with Gasteiger partial charge in [-0.2, -0.15) is 0 Å². The lowest BCUT2D eigenvalue weighted by Gasteiger charge is -2.18. The second-order valence-electron chi connectivity index (χ2n) is 7.42. The first-order chi connectivity index (χ1) is 11.5. The van der Waals surface area contributed by atoms with Crippen LogP contribution >= 0.6 is 0 Å². The zero-order chi connectivity index (χ0) is 17.3. The zero-order valence-corrected chi connectivity index (χ0v) is 14.3. The zero-order valence-electron chi connectivity index (χ0n) is 14.3. The van der Waals surface area contributed by atoms with E-state index >= 15 is 0 Å². The molecule has 2 unspecified atom stereocenters. The smallest absolute Gasteiger partial charge is 0.225 e. The molecule has 2 atom stereocenters. The van der Waals surface area contributed by atoms with E-state index in [2.05, 4.69) is 19.2 Å². The minimum atomic E-state index is -0.288. The molecule has 0 spiro atoms. The van der Waals surface area contributed by atoms with E-state index in [4.69, 9.17) is 0 Å². The first-order valence-electron chi connectivity index (χ1n) is 8.77. The Labute approximate surface area is 142 Å². The molecule has 1 aliphatic heterocycles. The van der Waals surface area contributed by atoms with Gasteiger partial charge in [0.25, 0.3) is 0 Å². The SMILES string of the molecule is CC(C)CNC(=O)C1CN(C(=O)C2CC2)CC1c1ccc(F)cc1. The van der Waals surface area contributed by atoms with Crippen molar-refractivity contribution in [1.29, 1.82) is 0 Å². The lowest BCUT2D eigenvalue weighted by atomic mass is 9.88. The average molecular weight is 332 g/mol. The third-order valence-electron chi connectivity index (χ3n) is 4.88. The van der Waals surface area contributed by atoms with Crippen LogP contribution in [0, 0.1) is 23.6 Å². The van der Waals surface area contributed by atoms with E-state index in [1.807, 2.05) is 4.90 Å². The molecule has 1 aliphatic carbocycles. The highest BCUT2D eigenvalue weighted by molar-refractivity contribution is 5.85. The molecular weight excluding hydrogens is 307 g/mol. The van der Waals surface area contributed by atoms with Gasteiger partial charge in [0, 0.05) is 31.5 Å². The van der Waals surface area contributed by atoms with Crippen molar-refractivity contribution in [1.82, 2.24) is 10.2 Å². The van der Waals surface area contributed by atoms with Gasteiger partial charge in [0.1, 0.15) is 5.82 Å². The van der Waals surface area contributed by atoms with Crippen LogP contribution in [0.1, 0.15) is 38.2 Å². The molecule has 130 valence electrons. The summed E-state index contributed by atoms with van der Waals surface area (Å²) in [5.41, 5.74) is 0.923. The highest BCUT2D eigenvalue weighted by Gasteiger charge is 2.43. The van der Waals surface area contributed by atoms with Crippen LogP contribution in [0.25, 0.3) is 0 Å². The van der Waals surface area contributed by atoms with Gasteiger partial charge in [-0.3, -0.25) is 9.59 Å². The number of nitrogens with one attached hydrogen (secondary N) is 1. The molecule has 1 heterocycles. The number of hydrogen-bond acceptors (Lipinski definition) is 2. The van der Waals surface area contributed by atoms with Crippen molar-refractivity contribution in [3.8, 4) is 0 Å². The molecule has 1 saturated carbocycles. The molecule has 0 bridgehead atoms. The fourth-order valence-electron chi connectivity index (χ4n) is 3.32. The van der Waals surface area contributed by atoms with Crippen LogP contribution in [-0.2, 0) is 9.59 Å². The normalized spacial score (nSPS) is 23.6. The van der Waals surface area contributed by atoms with Crippen molar-refractivity contribution in [3.05, 3.63) is 35.6 Å². The average Bonchev–Trinajstić information content (AvgIpc) is 3.31. The van der Waals surface area contributed by atoms with E-state index in [1.165, 1.54) is 12.1 Å². The van der Waals surface area contributed by atoms with Gasteiger partial charge in [0.2, 0.25) is 11.8 Å². The number of carbonyl (C=O) groups is 2. The Bertz CT molecular complexity index is 610. The fourth-order valence-corrected chi connectivity index (χ4v) is 3.32. The van der Waals surface area contributed by atoms with Gasteiger partial charge in [-0.1, -0.05) is 26.0 Å². The maximum absolute atomic E-state index is 13.2. The second kappa shape index (κ2) is 6.91. The van der Waals surface area contributed by atoms with E-state index in [9.17, 15) is 14.0 Å². The summed E-state index contributed by atoms with van der Waals surface area (Å²) in [4.78, 5) is 26.9. The number of nitrogens with zero attached hydrogens (tertiary/aromatic N) is 1. The first kappa shape index (κ1) is 16.9. The van der Waals surface area contributed by atoms with E-state index in [1.54, 1.807) is 12.1 Å². The van der Waals surface area contributed by atoms with E-state index in [0.717, 1.165) is 18.4 Å². The quantitative estimate of drug-likeness (QED) is 0.901. The molecule has 4 nitrogen and oxygen atoms in total. The molecular formula is C19H25FN2O2. The van der Waals surface area contributed by atoms with Gasteiger partial charge in [-0.15, -0.1) is 0 Å². The Balaban J connectivity index is 1.77. The van der Waals surface area contributed by atoms with E-state index in [-0.39, 0.29) is 35.4 Å². The highest BCUT2D eigenvalue weighted by Crippen LogP contribution is 2.37. The molecule has 5 heteroatoms. The summed E-state index contributed by atoms with van der Waals surface area (Å²) in [5.74, 6) is 0.0615. The Kier molecular flexibility index (Phi) is 4.88. The lowest BCUT2D eigenvalue weighted by molar-refractivity contribution is -0.132. The topological polar surface area (TPSA) is 49.4 Å². The molecule has 24 heavy (non-hydrogen) atoms. The molecule has 2 aliphatic rings. The van der Waals surface area contributed by atoms with Gasteiger partial charge in [0.05, 0.1) is 5.92 Å². The summed E-state index contributed by atoms with van der Waals surface area (Å²) in [5, 5.41) is 2.99. The summed E-state index contributed by atoms with van der Waals surface area (Å²) in [6.45, 7) is 5.73. The largest absolute Gasteiger partial charge is 0.356 e. The third-order valence-corrected chi connectivity index (χ3v) is 4.88. The number of amides is 2. The summed E-state index contributed by atoms with van der Waals surface area (Å²) in [6, 6.07) is 6.30. The summed E-state index contributed by atoms with van der Waals surface area (Å²) < 4.78 is 13.2. The van der Waals surface area contributed by atoms with Crippen molar-refractivity contribution < 1.29 is 14.0 Å². The molecule has 3 rings (SSSR count). The Hall–Kier alpha value is -1.91. The number of carbonyl (C=O) groups excluding carboxylic acids is 2. The van der Waals surface area contributed by atoms with Crippen LogP contribution < -0.4 is 5.32 Å². The van der Waals surface area contributed by atoms with Crippen LogP contribution in [0.4, 0.5) is 4.39 Å². The Morgan fingerprint density at radius 2 is 1.88 bits per heavy atom. The second-order valence-corrected chi connectivity index (χ2v) is 7.42. The minimum Gasteiger partial charge on any atom is -0.356 e. The number of halogens is 1. The maximum atomic E-state index is 13.2. The van der Waals surface area contributed by atoms with Gasteiger partial charge in [-0.25, -0.2) is 4.39 Å². The fraction of sp³-hybridized carbons (Fsp3) is 0.579. The number of likely N-dealkylation sites (tertiary alicyclic amines) is 1. The van der Waals surface area contributed by atoms with Crippen LogP contribution in [0.15, 0.2) is 24.3 Å². The van der Waals surface area contributed by atoms with Crippen molar-refractivity contribution in [2.45, 2.75) is 32.6 Å². The lowest BCUT2D eigenvalue weighted by Crippen LogP contribution is -2.37. The van der Waals surface area contributed by atoms with Crippen LogP contribution in [-0.4, -0.2) is 36.3 Å². The molecule has 0 radical (unpaired) electrons. The van der Waals surface area contributed by atoms with Crippen molar-refractivity contribution in [2.75, 3.05) is 19.6 Å². The number of hydrogen-bond donors (Lipinski definition) is 1. The molecule has 1 aromatic rings. The van der Waals surface area contributed by atoms with Crippen LogP contribution in [0.5, 0.6) is 0 Å². The molecule has 0 aromatic heterocycles. The van der Waals surface area contributed by atoms with Crippen LogP contribution in [0.3, 0.4) is 0 Å².